The highest BCUT2D eigenvalue weighted by molar-refractivity contribution is 6.00. The molecule has 0 unspecified atom stereocenters. The standard InChI is InChI=1S/C17H14N2O2.C12H6N2O2/c1-12-7-14(3-5-16(12)18-10-20)9-15-4-6-17(19-11-21)13(2)8-15;15-7-13-11-5-1-3-9-10(11)4-2-6-12(9)14-8-16/h3-8H,9H2,1-2H3;1-6H. The van der Waals surface area contributed by atoms with E-state index in [4.69, 9.17) is 0 Å². The molecule has 0 saturated carbocycles. The summed E-state index contributed by atoms with van der Waals surface area (Å²) in [6.07, 6.45) is 6.86. The third-order valence-electron chi connectivity index (χ3n) is 5.47. The fourth-order valence-electron chi connectivity index (χ4n) is 3.81. The highest BCUT2D eigenvalue weighted by Crippen LogP contribution is 2.32. The van der Waals surface area contributed by atoms with Gasteiger partial charge in [-0.15, -0.1) is 0 Å². The lowest BCUT2D eigenvalue weighted by Gasteiger charge is -2.07. The molecular weight excluding hydrogens is 468 g/mol. The Morgan fingerprint density at radius 1 is 0.514 bits per heavy atom. The maximum atomic E-state index is 10.3. The monoisotopic (exact) mass is 488 g/mol. The zero-order chi connectivity index (χ0) is 26.6. The van der Waals surface area contributed by atoms with Crippen molar-refractivity contribution in [1.82, 2.24) is 0 Å². The van der Waals surface area contributed by atoms with Gasteiger partial charge in [0, 0.05) is 10.8 Å². The third kappa shape index (κ3) is 6.84. The molecule has 0 aliphatic carbocycles. The molecule has 180 valence electrons. The van der Waals surface area contributed by atoms with E-state index < -0.39 is 0 Å². The fraction of sp³-hybridized carbons (Fsp3) is 0.103. The number of hydrogen-bond acceptors (Lipinski definition) is 8. The number of nitrogens with zero attached hydrogens (tertiary/aromatic N) is 4. The SMILES string of the molecule is Cc1cc(Cc2ccc(N=C=O)c(C)c2)ccc1N=C=O.O=C=Nc1cccc2c(N=C=O)cccc12. The van der Waals surface area contributed by atoms with Gasteiger partial charge in [-0.25, -0.2) is 19.2 Å². The van der Waals surface area contributed by atoms with Crippen molar-refractivity contribution >= 4 is 57.8 Å². The molecule has 0 spiro atoms. The largest absolute Gasteiger partial charge is 0.240 e. The molecule has 8 nitrogen and oxygen atoms in total. The van der Waals surface area contributed by atoms with Crippen LogP contribution >= 0.6 is 0 Å². The van der Waals surface area contributed by atoms with E-state index in [0.717, 1.165) is 39.4 Å². The third-order valence-corrected chi connectivity index (χ3v) is 5.47. The van der Waals surface area contributed by atoms with Crippen LogP contribution in [0, 0.1) is 13.8 Å². The first kappa shape index (κ1) is 26.3. The quantitative estimate of drug-likeness (QED) is 0.224. The van der Waals surface area contributed by atoms with Gasteiger partial charge in [-0.2, -0.15) is 20.0 Å². The van der Waals surface area contributed by atoms with Crippen molar-refractivity contribution in [3.8, 4) is 0 Å². The van der Waals surface area contributed by atoms with Crippen LogP contribution in [0.25, 0.3) is 10.8 Å². The molecule has 8 heteroatoms. The number of aryl methyl sites for hydroxylation is 2. The Bertz CT molecular complexity index is 1530. The summed E-state index contributed by atoms with van der Waals surface area (Å²) in [6.45, 7) is 3.82. The molecule has 0 saturated heterocycles. The van der Waals surface area contributed by atoms with Crippen LogP contribution in [0.2, 0.25) is 0 Å². The molecule has 0 N–H and O–H groups in total. The predicted octanol–water partition coefficient (Wildman–Crippen LogP) is 6.60. The van der Waals surface area contributed by atoms with Gasteiger partial charge in [0.25, 0.3) is 0 Å². The number of fused-ring (bicyclic) bond motifs is 1. The molecule has 37 heavy (non-hydrogen) atoms. The van der Waals surface area contributed by atoms with Gasteiger partial charge in [0.15, 0.2) is 0 Å². The second kappa shape index (κ2) is 12.9. The normalized spacial score (nSPS) is 9.46. The average molecular weight is 489 g/mol. The number of carbonyl (C=O) groups excluding carboxylic acids is 4. The summed E-state index contributed by atoms with van der Waals surface area (Å²) in [5.74, 6) is 0. The van der Waals surface area contributed by atoms with Crippen LogP contribution in [0.1, 0.15) is 22.3 Å². The molecule has 0 bridgehead atoms. The van der Waals surface area contributed by atoms with Crippen molar-refractivity contribution in [2.45, 2.75) is 20.3 Å². The van der Waals surface area contributed by atoms with E-state index in [1.54, 1.807) is 48.6 Å². The van der Waals surface area contributed by atoms with Gasteiger partial charge < -0.3 is 0 Å². The Hall–Kier alpha value is -5.34. The number of rotatable bonds is 6. The molecule has 0 fully saturated rings. The van der Waals surface area contributed by atoms with Gasteiger partial charge in [-0.1, -0.05) is 48.5 Å². The Labute approximate surface area is 212 Å². The first-order chi connectivity index (χ1) is 18.0. The Morgan fingerprint density at radius 2 is 0.892 bits per heavy atom. The number of isocyanates is 4. The smallest absolute Gasteiger partial charge is 0.211 e. The summed E-state index contributed by atoms with van der Waals surface area (Å²) in [4.78, 5) is 55.6. The minimum Gasteiger partial charge on any atom is -0.211 e. The van der Waals surface area contributed by atoms with Crippen LogP contribution in [-0.2, 0) is 25.6 Å². The zero-order valence-electron chi connectivity index (χ0n) is 20.1. The van der Waals surface area contributed by atoms with Crippen molar-refractivity contribution in [2.75, 3.05) is 0 Å². The lowest BCUT2D eigenvalue weighted by atomic mass is 10.0. The van der Waals surface area contributed by atoms with Crippen LogP contribution in [0.15, 0.2) is 92.8 Å². The van der Waals surface area contributed by atoms with Crippen molar-refractivity contribution in [2.24, 2.45) is 20.0 Å². The minimum absolute atomic E-state index is 0.510. The second-order valence-electron chi connectivity index (χ2n) is 7.88. The van der Waals surface area contributed by atoms with Gasteiger partial charge >= 0.3 is 0 Å². The molecule has 0 aliphatic rings. The predicted molar refractivity (Wildman–Crippen MR) is 140 cm³/mol. The van der Waals surface area contributed by atoms with Crippen LogP contribution < -0.4 is 0 Å². The highest BCUT2D eigenvalue weighted by Gasteiger charge is 2.04. The maximum Gasteiger partial charge on any atom is 0.240 e. The Morgan fingerprint density at radius 3 is 1.24 bits per heavy atom. The molecule has 0 amide bonds. The van der Waals surface area contributed by atoms with Crippen LogP contribution in [0.5, 0.6) is 0 Å². The molecule has 0 radical (unpaired) electrons. The summed E-state index contributed by atoms with van der Waals surface area (Å²) >= 11 is 0. The van der Waals surface area contributed by atoms with E-state index in [1.165, 1.54) is 12.2 Å². The van der Waals surface area contributed by atoms with Crippen molar-refractivity contribution < 1.29 is 19.2 Å². The highest BCUT2D eigenvalue weighted by atomic mass is 16.1. The second-order valence-corrected chi connectivity index (χ2v) is 7.88. The summed E-state index contributed by atoms with van der Waals surface area (Å²) in [5, 5.41) is 1.50. The Balaban J connectivity index is 0.000000213. The van der Waals surface area contributed by atoms with Crippen molar-refractivity contribution in [1.29, 1.82) is 0 Å². The van der Waals surface area contributed by atoms with Crippen LogP contribution in [0.3, 0.4) is 0 Å². The molecule has 4 rings (SSSR count). The van der Waals surface area contributed by atoms with Crippen molar-refractivity contribution in [3.63, 3.8) is 0 Å². The molecular formula is C29H20N4O4. The van der Waals surface area contributed by atoms with Gasteiger partial charge in [0.2, 0.25) is 24.3 Å². The van der Waals surface area contributed by atoms with E-state index in [0.29, 0.717) is 22.7 Å². The summed E-state index contributed by atoms with van der Waals surface area (Å²) in [5.41, 5.74) is 6.43. The van der Waals surface area contributed by atoms with Gasteiger partial charge in [-0.05, 0) is 66.8 Å². The molecule has 4 aromatic rings. The number of hydrogen-bond donors (Lipinski definition) is 0. The first-order valence-corrected chi connectivity index (χ1v) is 11.0. The lowest BCUT2D eigenvalue weighted by molar-refractivity contribution is 0.564. The fourth-order valence-corrected chi connectivity index (χ4v) is 3.81. The maximum absolute atomic E-state index is 10.3. The first-order valence-electron chi connectivity index (χ1n) is 11.0. The molecule has 4 aromatic carbocycles. The Kier molecular flexibility index (Phi) is 9.18. The number of benzene rings is 4. The zero-order valence-corrected chi connectivity index (χ0v) is 20.1. The molecule has 0 aromatic heterocycles. The lowest BCUT2D eigenvalue weighted by Crippen LogP contribution is -1.90. The minimum atomic E-state index is 0.510. The molecule has 0 heterocycles. The van der Waals surface area contributed by atoms with E-state index >= 15 is 0 Å². The molecule has 0 aliphatic heterocycles. The average Bonchev–Trinajstić information content (AvgIpc) is 2.89. The van der Waals surface area contributed by atoms with E-state index in [1.807, 2.05) is 50.2 Å². The van der Waals surface area contributed by atoms with Gasteiger partial charge in [0.1, 0.15) is 0 Å². The van der Waals surface area contributed by atoms with Gasteiger partial charge in [-0.3, -0.25) is 0 Å². The summed E-state index contributed by atoms with van der Waals surface area (Å²) in [7, 11) is 0. The van der Waals surface area contributed by atoms with Crippen LogP contribution in [-0.4, -0.2) is 24.3 Å². The topological polar surface area (TPSA) is 118 Å². The van der Waals surface area contributed by atoms with E-state index in [-0.39, 0.29) is 0 Å². The van der Waals surface area contributed by atoms with E-state index in [2.05, 4.69) is 20.0 Å². The molecule has 0 atom stereocenters. The summed E-state index contributed by atoms with van der Waals surface area (Å²) < 4.78 is 0. The van der Waals surface area contributed by atoms with Crippen molar-refractivity contribution in [3.05, 3.63) is 95.1 Å². The van der Waals surface area contributed by atoms with Gasteiger partial charge in [0.05, 0.1) is 22.7 Å². The van der Waals surface area contributed by atoms with Crippen LogP contribution in [0.4, 0.5) is 22.7 Å². The number of aliphatic imine (C=N–C) groups is 4. The summed E-state index contributed by atoms with van der Waals surface area (Å²) in [6, 6.07) is 22.0. The van der Waals surface area contributed by atoms with E-state index in [9.17, 15) is 19.2 Å².